The molecule has 1 heterocycles. The topological polar surface area (TPSA) is 70.0 Å². The smallest absolute Gasteiger partial charge is 0.150 e. The number of nitrogens with one attached hydrogen (secondary N) is 1. The summed E-state index contributed by atoms with van der Waals surface area (Å²) in [5.41, 5.74) is 0. The Morgan fingerprint density at radius 2 is 1.67 bits per heavy atom. The van der Waals surface area contributed by atoms with Gasteiger partial charge in [0.15, 0.2) is 0 Å². The van der Waals surface area contributed by atoms with E-state index in [4.69, 9.17) is 0 Å². The molecule has 2 aliphatic rings. The number of hydrogen-bond acceptors (Lipinski definition) is 4. The molecule has 0 aromatic rings. The van der Waals surface area contributed by atoms with Crippen molar-refractivity contribution in [3.8, 4) is 6.07 Å². The second-order valence-corrected chi connectivity index (χ2v) is 7.88. The highest BCUT2D eigenvalue weighted by Crippen LogP contribution is 2.24. The van der Waals surface area contributed by atoms with E-state index in [0.717, 1.165) is 19.3 Å². The Morgan fingerprint density at radius 1 is 1.00 bits per heavy atom. The molecule has 1 aliphatic carbocycles. The van der Waals surface area contributed by atoms with Crippen LogP contribution in [0.1, 0.15) is 44.9 Å². The number of nitriles is 1. The van der Waals surface area contributed by atoms with Crippen molar-refractivity contribution in [2.24, 2.45) is 5.92 Å². The van der Waals surface area contributed by atoms with Crippen LogP contribution >= 0.6 is 0 Å². The molecule has 0 bridgehead atoms. The average Bonchev–Trinajstić information content (AvgIpc) is 2.57. The van der Waals surface area contributed by atoms with Crippen molar-refractivity contribution >= 4 is 9.84 Å². The lowest BCUT2D eigenvalue weighted by Gasteiger charge is -2.29. The summed E-state index contributed by atoms with van der Waals surface area (Å²) in [6.07, 6.45) is 7.00. The molecule has 102 valence electrons. The molecule has 18 heavy (non-hydrogen) atoms. The van der Waals surface area contributed by atoms with Crippen LogP contribution in [0, 0.1) is 17.2 Å². The molecular weight excluding hydrogens is 248 g/mol. The zero-order valence-corrected chi connectivity index (χ0v) is 11.6. The van der Waals surface area contributed by atoms with Gasteiger partial charge in [-0.2, -0.15) is 5.26 Å². The van der Waals surface area contributed by atoms with Crippen LogP contribution in [-0.2, 0) is 9.84 Å². The van der Waals surface area contributed by atoms with Crippen LogP contribution in [0.15, 0.2) is 0 Å². The molecule has 1 saturated carbocycles. The predicted octanol–water partition coefficient (Wildman–Crippen LogP) is 1.63. The summed E-state index contributed by atoms with van der Waals surface area (Å²) in [7, 11) is -2.79. The van der Waals surface area contributed by atoms with Gasteiger partial charge in [-0.05, 0) is 25.7 Å². The summed E-state index contributed by atoms with van der Waals surface area (Å²) in [4.78, 5) is 0. The minimum Gasteiger partial charge on any atom is -0.310 e. The molecule has 2 rings (SSSR count). The van der Waals surface area contributed by atoms with Crippen LogP contribution in [0.3, 0.4) is 0 Å². The number of sulfone groups is 1. The Balaban J connectivity index is 1.90. The molecule has 1 aliphatic heterocycles. The van der Waals surface area contributed by atoms with E-state index in [-0.39, 0.29) is 18.0 Å². The fourth-order valence-corrected chi connectivity index (χ4v) is 4.51. The van der Waals surface area contributed by atoms with Gasteiger partial charge in [-0.15, -0.1) is 0 Å². The molecule has 0 spiro atoms. The largest absolute Gasteiger partial charge is 0.310 e. The highest BCUT2D eigenvalue weighted by atomic mass is 32.2. The summed E-state index contributed by atoms with van der Waals surface area (Å²) in [6, 6.07) is 2.97. The molecule has 4 nitrogen and oxygen atoms in total. The Kier molecular flexibility index (Phi) is 4.63. The van der Waals surface area contributed by atoms with Crippen molar-refractivity contribution in [1.82, 2.24) is 5.32 Å². The predicted molar refractivity (Wildman–Crippen MR) is 70.8 cm³/mol. The Bertz CT molecular complexity index is 399. The van der Waals surface area contributed by atoms with Crippen molar-refractivity contribution < 1.29 is 8.42 Å². The number of hydrogen-bond donors (Lipinski definition) is 1. The van der Waals surface area contributed by atoms with Gasteiger partial charge in [0.1, 0.15) is 9.84 Å². The van der Waals surface area contributed by atoms with E-state index in [2.05, 4.69) is 11.4 Å². The fourth-order valence-electron chi connectivity index (χ4n) is 3.02. The van der Waals surface area contributed by atoms with Gasteiger partial charge in [-0.3, -0.25) is 0 Å². The van der Waals surface area contributed by atoms with Gasteiger partial charge in [0, 0.05) is 12.1 Å². The maximum atomic E-state index is 11.4. The van der Waals surface area contributed by atoms with Crippen molar-refractivity contribution in [2.45, 2.75) is 57.0 Å². The molecule has 0 aromatic carbocycles. The molecule has 1 saturated heterocycles. The van der Waals surface area contributed by atoms with Gasteiger partial charge in [-0.1, -0.05) is 19.3 Å². The lowest BCUT2D eigenvalue weighted by atomic mass is 9.95. The maximum Gasteiger partial charge on any atom is 0.150 e. The summed E-state index contributed by atoms with van der Waals surface area (Å²) >= 11 is 0. The van der Waals surface area contributed by atoms with E-state index in [9.17, 15) is 13.7 Å². The molecule has 0 aromatic heterocycles. The van der Waals surface area contributed by atoms with E-state index in [1.54, 1.807) is 0 Å². The van der Waals surface area contributed by atoms with Crippen LogP contribution in [-0.4, -0.2) is 32.0 Å². The zero-order chi connectivity index (χ0) is 13.0. The van der Waals surface area contributed by atoms with Crippen LogP contribution in [0.4, 0.5) is 0 Å². The zero-order valence-electron chi connectivity index (χ0n) is 10.8. The summed E-state index contributed by atoms with van der Waals surface area (Å²) in [6.45, 7) is 0. The molecule has 2 unspecified atom stereocenters. The lowest BCUT2D eigenvalue weighted by molar-refractivity contribution is 0.333. The first-order valence-corrected chi connectivity index (χ1v) is 8.79. The maximum absolute atomic E-state index is 11.4. The minimum absolute atomic E-state index is 0.103. The average molecular weight is 270 g/mol. The van der Waals surface area contributed by atoms with E-state index in [1.165, 1.54) is 12.8 Å². The molecule has 1 N–H and O–H groups in total. The highest BCUT2D eigenvalue weighted by Gasteiger charge is 2.29. The monoisotopic (exact) mass is 270 g/mol. The highest BCUT2D eigenvalue weighted by molar-refractivity contribution is 7.91. The quantitative estimate of drug-likeness (QED) is 0.774. The van der Waals surface area contributed by atoms with Crippen molar-refractivity contribution in [2.75, 3.05) is 11.5 Å². The molecule has 2 fully saturated rings. The Morgan fingerprint density at radius 3 is 2.33 bits per heavy atom. The van der Waals surface area contributed by atoms with Gasteiger partial charge in [-0.25, -0.2) is 8.42 Å². The molecule has 0 amide bonds. The molecule has 0 radical (unpaired) electrons. The van der Waals surface area contributed by atoms with E-state index in [0.29, 0.717) is 24.3 Å². The normalized spacial score (nSPS) is 33.5. The third kappa shape index (κ3) is 3.69. The SMILES string of the molecule is N#CC1CCCCCC1NC1CCS(=O)(=O)CC1. The van der Waals surface area contributed by atoms with Crippen LogP contribution in [0.25, 0.3) is 0 Å². The van der Waals surface area contributed by atoms with Gasteiger partial charge in [0.25, 0.3) is 0 Å². The Labute approximate surface area is 110 Å². The van der Waals surface area contributed by atoms with Gasteiger partial charge in [0.05, 0.1) is 23.5 Å². The first-order valence-electron chi connectivity index (χ1n) is 6.97. The van der Waals surface area contributed by atoms with E-state index < -0.39 is 9.84 Å². The second-order valence-electron chi connectivity index (χ2n) is 5.57. The van der Waals surface area contributed by atoms with Crippen LogP contribution < -0.4 is 5.32 Å². The number of rotatable bonds is 2. The molecular formula is C13H22N2O2S. The minimum atomic E-state index is -2.79. The van der Waals surface area contributed by atoms with Gasteiger partial charge in [0.2, 0.25) is 0 Å². The van der Waals surface area contributed by atoms with Crippen molar-refractivity contribution in [3.05, 3.63) is 0 Å². The van der Waals surface area contributed by atoms with E-state index >= 15 is 0 Å². The standard InChI is InChI=1S/C13H22N2O2S/c14-10-11-4-2-1-3-5-13(11)15-12-6-8-18(16,17)9-7-12/h11-13,15H,1-9H2. The van der Waals surface area contributed by atoms with Gasteiger partial charge < -0.3 is 5.32 Å². The fraction of sp³-hybridized carbons (Fsp3) is 0.923. The first kappa shape index (κ1) is 13.8. The third-order valence-electron chi connectivity index (χ3n) is 4.19. The van der Waals surface area contributed by atoms with Gasteiger partial charge >= 0.3 is 0 Å². The Hall–Kier alpha value is -0.600. The number of nitrogens with zero attached hydrogens (tertiary/aromatic N) is 1. The third-order valence-corrected chi connectivity index (χ3v) is 5.90. The summed E-state index contributed by atoms with van der Waals surface area (Å²) in [5.74, 6) is 0.703. The second kappa shape index (κ2) is 6.03. The summed E-state index contributed by atoms with van der Waals surface area (Å²) < 4.78 is 22.8. The van der Waals surface area contributed by atoms with Crippen LogP contribution in [0.2, 0.25) is 0 Å². The molecule has 5 heteroatoms. The van der Waals surface area contributed by atoms with Crippen molar-refractivity contribution in [3.63, 3.8) is 0 Å². The van der Waals surface area contributed by atoms with Crippen LogP contribution in [0.5, 0.6) is 0 Å². The summed E-state index contributed by atoms with van der Waals surface area (Å²) in [5, 5.41) is 12.8. The molecule has 2 atom stereocenters. The van der Waals surface area contributed by atoms with Crippen molar-refractivity contribution in [1.29, 1.82) is 5.26 Å². The van der Waals surface area contributed by atoms with E-state index in [1.807, 2.05) is 0 Å². The lowest BCUT2D eigenvalue weighted by Crippen LogP contribution is -2.45. The first-order chi connectivity index (χ1) is 8.61.